The van der Waals surface area contributed by atoms with E-state index in [9.17, 15) is 9.59 Å². The molecular weight excluding hydrogens is 326 g/mol. The number of carbonyl (C=O) groups is 2. The highest BCUT2D eigenvalue weighted by molar-refractivity contribution is 6.31. The minimum atomic E-state index is -0.653. The molecule has 1 aliphatic heterocycles. The molecule has 0 radical (unpaired) electrons. The fraction of sp³-hybridized carbons (Fsp3) is 0.278. The first kappa shape index (κ1) is 16.5. The van der Waals surface area contributed by atoms with Crippen molar-refractivity contribution in [1.29, 1.82) is 0 Å². The molecule has 0 aliphatic carbocycles. The van der Waals surface area contributed by atoms with Crippen LogP contribution in [0.1, 0.15) is 17.5 Å². The molecule has 0 saturated carbocycles. The van der Waals surface area contributed by atoms with Gasteiger partial charge in [0.15, 0.2) is 0 Å². The van der Waals surface area contributed by atoms with Crippen molar-refractivity contribution in [3.05, 3.63) is 58.9 Å². The monoisotopic (exact) mass is 343 g/mol. The third kappa shape index (κ3) is 3.41. The second-order valence-corrected chi connectivity index (χ2v) is 6.28. The molecule has 1 saturated heterocycles. The third-order valence-electron chi connectivity index (χ3n) is 4.17. The van der Waals surface area contributed by atoms with Crippen LogP contribution >= 0.6 is 11.6 Å². The Balaban J connectivity index is 1.67. The first-order valence-electron chi connectivity index (χ1n) is 7.80. The predicted octanol–water partition coefficient (Wildman–Crippen LogP) is 2.71. The minimum Gasteiger partial charge on any atom is -0.351 e. The van der Waals surface area contributed by atoms with Crippen LogP contribution in [0.2, 0.25) is 5.02 Å². The first-order chi connectivity index (χ1) is 11.6. The number of benzene rings is 1. The smallest absolute Gasteiger partial charge is 0.239 e. The fourth-order valence-electron chi connectivity index (χ4n) is 2.85. The SMILES string of the molecule is Cc1ccc(Cl)cc1N1CC[C@@H](C(=O)NCc2cccnc2)C1=O. The van der Waals surface area contributed by atoms with Gasteiger partial charge in [-0.1, -0.05) is 23.7 Å². The Labute approximate surface area is 145 Å². The summed E-state index contributed by atoms with van der Waals surface area (Å²) in [5, 5.41) is 3.39. The largest absolute Gasteiger partial charge is 0.351 e. The van der Waals surface area contributed by atoms with Crippen LogP contribution in [0.3, 0.4) is 0 Å². The van der Waals surface area contributed by atoms with Crippen LogP contribution in [0, 0.1) is 12.8 Å². The van der Waals surface area contributed by atoms with Crippen molar-refractivity contribution in [1.82, 2.24) is 10.3 Å². The lowest BCUT2D eigenvalue weighted by Gasteiger charge is -2.19. The van der Waals surface area contributed by atoms with Gasteiger partial charge in [-0.3, -0.25) is 14.6 Å². The minimum absolute atomic E-state index is 0.177. The van der Waals surface area contributed by atoms with E-state index in [1.807, 2.05) is 25.1 Å². The van der Waals surface area contributed by atoms with Crippen molar-refractivity contribution in [2.75, 3.05) is 11.4 Å². The summed E-state index contributed by atoms with van der Waals surface area (Å²) in [5.74, 6) is -1.07. The zero-order chi connectivity index (χ0) is 17.1. The molecular formula is C18H18ClN3O2. The molecule has 2 amide bonds. The molecule has 1 atom stereocenters. The molecule has 1 N–H and O–H groups in total. The van der Waals surface area contributed by atoms with E-state index >= 15 is 0 Å². The number of aryl methyl sites for hydroxylation is 1. The van der Waals surface area contributed by atoms with E-state index in [1.54, 1.807) is 29.4 Å². The molecule has 0 unspecified atom stereocenters. The maximum absolute atomic E-state index is 12.6. The molecule has 1 aliphatic rings. The summed E-state index contributed by atoms with van der Waals surface area (Å²) >= 11 is 6.04. The second-order valence-electron chi connectivity index (χ2n) is 5.84. The number of aromatic nitrogens is 1. The first-order valence-corrected chi connectivity index (χ1v) is 8.18. The maximum Gasteiger partial charge on any atom is 0.239 e. The predicted molar refractivity (Wildman–Crippen MR) is 92.7 cm³/mol. The molecule has 1 fully saturated rings. The Morgan fingerprint density at radius 2 is 2.25 bits per heavy atom. The van der Waals surface area contributed by atoms with Crippen molar-refractivity contribution in [3.63, 3.8) is 0 Å². The number of carbonyl (C=O) groups excluding carboxylic acids is 2. The van der Waals surface area contributed by atoms with E-state index in [2.05, 4.69) is 10.3 Å². The number of pyridine rings is 1. The molecule has 1 aromatic carbocycles. The zero-order valence-electron chi connectivity index (χ0n) is 13.3. The van der Waals surface area contributed by atoms with Gasteiger partial charge in [-0.25, -0.2) is 0 Å². The number of hydrogen-bond donors (Lipinski definition) is 1. The van der Waals surface area contributed by atoms with E-state index < -0.39 is 5.92 Å². The van der Waals surface area contributed by atoms with E-state index in [0.29, 0.717) is 24.5 Å². The summed E-state index contributed by atoms with van der Waals surface area (Å²) in [4.78, 5) is 30.6. The van der Waals surface area contributed by atoms with Crippen LogP contribution in [0.5, 0.6) is 0 Å². The average molecular weight is 344 g/mol. The van der Waals surface area contributed by atoms with Gasteiger partial charge in [0.1, 0.15) is 5.92 Å². The molecule has 1 aromatic heterocycles. The topological polar surface area (TPSA) is 62.3 Å². The van der Waals surface area contributed by atoms with Gasteiger partial charge in [-0.15, -0.1) is 0 Å². The number of anilines is 1. The lowest BCUT2D eigenvalue weighted by molar-refractivity contribution is -0.132. The molecule has 5 nitrogen and oxygen atoms in total. The standard InChI is InChI=1S/C18H18ClN3O2/c1-12-4-5-14(19)9-16(12)22-8-6-15(18(22)24)17(23)21-11-13-3-2-7-20-10-13/h2-5,7,9-10,15H,6,8,11H2,1H3,(H,21,23)/t15-/m0/s1. The van der Waals surface area contributed by atoms with Gasteiger partial charge < -0.3 is 10.2 Å². The molecule has 0 spiro atoms. The molecule has 2 heterocycles. The highest BCUT2D eigenvalue weighted by Crippen LogP contribution is 2.30. The lowest BCUT2D eigenvalue weighted by atomic mass is 10.1. The Kier molecular flexibility index (Phi) is 4.81. The normalized spacial score (nSPS) is 17.2. The van der Waals surface area contributed by atoms with Crippen LogP contribution in [0.25, 0.3) is 0 Å². The van der Waals surface area contributed by atoms with Crippen LogP contribution in [-0.4, -0.2) is 23.3 Å². The van der Waals surface area contributed by atoms with Crippen LogP contribution < -0.4 is 10.2 Å². The Morgan fingerprint density at radius 1 is 1.42 bits per heavy atom. The zero-order valence-corrected chi connectivity index (χ0v) is 14.1. The third-order valence-corrected chi connectivity index (χ3v) is 4.41. The van der Waals surface area contributed by atoms with Crippen molar-refractivity contribution in [2.24, 2.45) is 5.92 Å². The molecule has 24 heavy (non-hydrogen) atoms. The summed E-state index contributed by atoms with van der Waals surface area (Å²) in [6.45, 7) is 2.81. The van der Waals surface area contributed by atoms with Crippen LogP contribution in [0.4, 0.5) is 5.69 Å². The molecule has 124 valence electrons. The quantitative estimate of drug-likeness (QED) is 0.868. The van der Waals surface area contributed by atoms with Crippen molar-refractivity contribution >= 4 is 29.1 Å². The van der Waals surface area contributed by atoms with Crippen molar-refractivity contribution in [2.45, 2.75) is 19.9 Å². The average Bonchev–Trinajstić information content (AvgIpc) is 2.97. The molecule has 6 heteroatoms. The Hall–Kier alpha value is -2.40. The molecule has 2 aromatic rings. The van der Waals surface area contributed by atoms with E-state index in [1.165, 1.54) is 0 Å². The van der Waals surface area contributed by atoms with Gasteiger partial charge in [0.05, 0.1) is 0 Å². The summed E-state index contributed by atoms with van der Waals surface area (Å²) < 4.78 is 0. The van der Waals surface area contributed by atoms with Gasteiger partial charge >= 0.3 is 0 Å². The summed E-state index contributed by atoms with van der Waals surface area (Å²) in [5.41, 5.74) is 2.64. The highest BCUT2D eigenvalue weighted by Gasteiger charge is 2.37. The lowest BCUT2D eigenvalue weighted by Crippen LogP contribution is -2.36. The molecule has 0 bridgehead atoms. The van der Waals surface area contributed by atoms with Gasteiger partial charge in [0, 0.05) is 36.2 Å². The number of halogens is 1. The van der Waals surface area contributed by atoms with Gasteiger partial charge in [-0.05, 0) is 42.7 Å². The number of hydrogen-bond acceptors (Lipinski definition) is 3. The number of amides is 2. The number of nitrogens with zero attached hydrogens (tertiary/aromatic N) is 2. The maximum atomic E-state index is 12.6. The van der Waals surface area contributed by atoms with Gasteiger partial charge in [-0.2, -0.15) is 0 Å². The van der Waals surface area contributed by atoms with Gasteiger partial charge in [0.2, 0.25) is 11.8 Å². The second kappa shape index (κ2) is 7.01. The Morgan fingerprint density at radius 3 is 3.00 bits per heavy atom. The highest BCUT2D eigenvalue weighted by atomic mass is 35.5. The van der Waals surface area contributed by atoms with E-state index in [0.717, 1.165) is 16.8 Å². The summed E-state index contributed by atoms with van der Waals surface area (Å²) in [7, 11) is 0. The van der Waals surface area contributed by atoms with E-state index in [4.69, 9.17) is 11.6 Å². The Bertz CT molecular complexity index is 764. The van der Waals surface area contributed by atoms with Crippen LogP contribution in [-0.2, 0) is 16.1 Å². The molecule has 3 rings (SSSR count). The number of nitrogens with one attached hydrogen (secondary N) is 1. The van der Waals surface area contributed by atoms with Gasteiger partial charge in [0.25, 0.3) is 0 Å². The van der Waals surface area contributed by atoms with Crippen molar-refractivity contribution < 1.29 is 9.59 Å². The van der Waals surface area contributed by atoms with Crippen LogP contribution in [0.15, 0.2) is 42.7 Å². The fourth-order valence-corrected chi connectivity index (χ4v) is 3.02. The van der Waals surface area contributed by atoms with E-state index in [-0.39, 0.29) is 11.8 Å². The summed E-state index contributed by atoms with van der Waals surface area (Å²) in [6.07, 6.45) is 3.87. The summed E-state index contributed by atoms with van der Waals surface area (Å²) in [6, 6.07) is 9.13. The number of rotatable bonds is 4. The van der Waals surface area contributed by atoms with Crippen molar-refractivity contribution in [3.8, 4) is 0 Å².